The van der Waals surface area contributed by atoms with E-state index >= 15 is 0 Å². The van der Waals surface area contributed by atoms with Gasteiger partial charge in [-0.05, 0) is 45.4 Å². The van der Waals surface area contributed by atoms with Gasteiger partial charge in [0.1, 0.15) is 5.65 Å². The van der Waals surface area contributed by atoms with E-state index in [-0.39, 0.29) is 0 Å². The lowest BCUT2D eigenvalue weighted by atomic mass is 10.2. The zero-order chi connectivity index (χ0) is 14.8. The van der Waals surface area contributed by atoms with Crippen molar-refractivity contribution in [2.75, 3.05) is 13.1 Å². The molecule has 5 heteroatoms. The number of hydrogen-bond acceptors (Lipinski definition) is 3. The van der Waals surface area contributed by atoms with E-state index in [1.54, 1.807) is 0 Å². The maximum atomic E-state index is 6.03. The van der Waals surface area contributed by atoms with E-state index in [1.165, 1.54) is 12.8 Å². The van der Waals surface area contributed by atoms with Gasteiger partial charge in [0.2, 0.25) is 0 Å². The monoisotopic (exact) mass is 306 g/mol. The van der Waals surface area contributed by atoms with Crippen LogP contribution in [0, 0.1) is 0 Å². The van der Waals surface area contributed by atoms with Crippen LogP contribution in [-0.2, 0) is 6.54 Å². The number of rotatable bonds is 5. The minimum absolute atomic E-state index is 0.515. The van der Waals surface area contributed by atoms with Crippen molar-refractivity contribution in [3.8, 4) is 0 Å². The Labute approximate surface area is 131 Å². The summed E-state index contributed by atoms with van der Waals surface area (Å²) in [4.78, 5) is 7.19. The van der Waals surface area contributed by atoms with E-state index in [4.69, 9.17) is 16.6 Å². The third kappa shape index (κ3) is 3.57. The van der Waals surface area contributed by atoms with Gasteiger partial charge >= 0.3 is 0 Å². The number of hydrogen-bond donors (Lipinski definition) is 1. The van der Waals surface area contributed by atoms with Crippen LogP contribution < -0.4 is 5.32 Å². The zero-order valence-electron chi connectivity index (χ0n) is 12.7. The molecule has 1 fully saturated rings. The fourth-order valence-corrected chi connectivity index (χ4v) is 3.12. The zero-order valence-corrected chi connectivity index (χ0v) is 13.5. The second-order valence-electron chi connectivity index (χ2n) is 6.16. The van der Waals surface area contributed by atoms with Gasteiger partial charge in [-0.25, -0.2) is 4.98 Å². The first kappa shape index (κ1) is 14.8. The Morgan fingerprint density at radius 1 is 1.43 bits per heavy atom. The highest BCUT2D eigenvalue weighted by molar-refractivity contribution is 6.30. The van der Waals surface area contributed by atoms with E-state index in [0.29, 0.717) is 12.1 Å². The Kier molecular flexibility index (Phi) is 4.48. The molecule has 21 heavy (non-hydrogen) atoms. The van der Waals surface area contributed by atoms with E-state index in [1.807, 2.05) is 22.7 Å². The van der Waals surface area contributed by atoms with Gasteiger partial charge in [0.15, 0.2) is 0 Å². The molecule has 0 spiro atoms. The van der Waals surface area contributed by atoms with Crippen molar-refractivity contribution < 1.29 is 0 Å². The van der Waals surface area contributed by atoms with E-state index in [0.717, 1.165) is 36.0 Å². The van der Waals surface area contributed by atoms with Gasteiger partial charge in [-0.15, -0.1) is 0 Å². The van der Waals surface area contributed by atoms with Crippen LogP contribution in [0.3, 0.4) is 0 Å². The van der Waals surface area contributed by atoms with Gasteiger partial charge in [-0.1, -0.05) is 11.6 Å². The topological polar surface area (TPSA) is 32.6 Å². The second-order valence-corrected chi connectivity index (χ2v) is 6.60. The van der Waals surface area contributed by atoms with Crippen LogP contribution in [0.5, 0.6) is 0 Å². The summed E-state index contributed by atoms with van der Waals surface area (Å²) in [5, 5.41) is 4.32. The minimum atomic E-state index is 0.515. The van der Waals surface area contributed by atoms with Crippen molar-refractivity contribution >= 4 is 17.2 Å². The van der Waals surface area contributed by atoms with Crippen molar-refractivity contribution in [3.63, 3.8) is 0 Å². The van der Waals surface area contributed by atoms with Crippen molar-refractivity contribution in [1.29, 1.82) is 0 Å². The maximum absolute atomic E-state index is 6.03. The molecule has 1 aliphatic rings. The highest BCUT2D eigenvalue weighted by Crippen LogP contribution is 2.15. The van der Waals surface area contributed by atoms with Crippen molar-refractivity contribution in [3.05, 3.63) is 35.2 Å². The summed E-state index contributed by atoms with van der Waals surface area (Å²) in [6.45, 7) is 7.63. The molecule has 1 N–H and O–H groups in total. The predicted molar refractivity (Wildman–Crippen MR) is 86.8 cm³/mol. The minimum Gasteiger partial charge on any atom is -0.313 e. The van der Waals surface area contributed by atoms with Crippen LogP contribution in [0.4, 0.5) is 0 Å². The van der Waals surface area contributed by atoms with E-state index in [9.17, 15) is 0 Å². The van der Waals surface area contributed by atoms with Crippen LogP contribution in [-0.4, -0.2) is 39.5 Å². The smallest absolute Gasteiger partial charge is 0.137 e. The van der Waals surface area contributed by atoms with Crippen molar-refractivity contribution in [2.24, 2.45) is 0 Å². The lowest BCUT2D eigenvalue weighted by Gasteiger charge is -2.28. The van der Waals surface area contributed by atoms with Gasteiger partial charge in [0, 0.05) is 37.6 Å². The molecule has 1 unspecified atom stereocenters. The molecular formula is C16H23ClN4. The van der Waals surface area contributed by atoms with Crippen LogP contribution in [0.15, 0.2) is 24.5 Å². The molecule has 0 saturated carbocycles. The van der Waals surface area contributed by atoms with Gasteiger partial charge < -0.3 is 9.72 Å². The molecule has 3 heterocycles. The Morgan fingerprint density at radius 3 is 3.00 bits per heavy atom. The average molecular weight is 307 g/mol. The standard InChI is InChI=1S/C16H23ClN4/c1-12(2)20(9-14-4-3-7-18-14)10-15-11-21-8-13(17)5-6-16(21)19-15/h5-6,8,11-12,14,18H,3-4,7,9-10H2,1-2H3. The largest absolute Gasteiger partial charge is 0.313 e. The van der Waals surface area contributed by atoms with Crippen LogP contribution in [0.1, 0.15) is 32.4 Å². The van der Waals surface area contributed by atoms with E-state index in [2.05, 4.69) is 30.3 Å². The molecule has 1 aliphatic heterocycles. The SMILES string of the molecule is CC(C)N(Cc1cn2cc(Cl)ccc2n1)CC1CCCN1. The quantitative estimate of drug-likeness (QED) is 0.922. The Hall–Kier alpha value is -1.10. The molecule has 1 saturated heterocycles. The fraction of sp³-hybridized carbons (Fsp3) is 0.562. The number of pyridine rings is 1. The molecule has 3 rings (SSSR count). The van der Waals surface area contributed by atoms with Gasteiger partial charge in [0.05, 0.1) is 10.7 Å². The third-order valence-electron chi connectivity index (χ3n) is 4.18. The molecule has 0 aliphatic carbocycles. The van der Waals surface area contributed by atoms with Gasteiger partial charge in [-0.2, -0.15) is 0 Å². The molecule has 0 aromatic carbocycles. The lowest BCUT2D eigenvalue weighted by Crippen LogP contribution is -2.40. The number of halogens is 1. The maximum Gasteiger partial charge on any atom is 0.137 e. The van der Waals surface area contributed by atoms with Crippen molar-refractivity contribution in [1.82, 2.24) is 19.6 Å². The molecular weight excluding hydrogens is 284 g/mol. The molecule has 0 radical (unpaired) electrons. The first-order valence-corrected chi connectivity index (χ1v) is 8.10. The van der Waals surface area contributed by atoms with Crippen LogP contribution in [0.25, 0.3) is 5.65 Å². The highest BCUT2D eigenvalue weighted by Gasteiger charge is 2.20. The number of fused-ring (bicyclic) bond motifs is 1. The number of aromatic nitrogens is 2. The summed E-state index contributed by atoms with van der Waals surface area (Å²) in [6.07, 6.45) is 6.57. The van der Waals surface area contributed by atoms with Crippen LogP contribution in [0.2, 0.25) is 5.02 Å². The molecule has 0 bridgehead atoms. The Balaban J connectivity index is 1.73. The third-order valence-corrected chi connectivity index (χ3v) is 4.40. The molecule has 114 valence electrons. The number of nitrogens with one attached hydrogen (secondary N) is 1. The van der Waals surface area contributed by atoms with Crippen LogP contribution >= 0.6 is 11.6 Å². The molecule has 4 nitrogen and oxygen atoms in total. The molecule has 2 aromatic heterocycles. The summed E-state index contributed by atoms with van der Waals surface area (Å²) in [7, 11) is 0. The highest BCUT2D eigenvalue weighted by atomic mass is 35.5. The molecule has 0 amide bonds. The van der Waals surface area contributed by atoms with Gasteiger partial charge in [-0.3, -0.25) is 4.90 Å². The van der Waals surface area contributed by atoms with E-state index < -0.39 is 0 Å². The fourth-order valence-electron chi connectivity index (χ4n) is 2.96. The Morgan fingerprint density at radius 2 is 2.29 bits per heavy atom. The molecule has 2 aromatic rings. The first-order valence-electron chi connectivity index (χ1n) is 7.72. The summed E-state index contributed by atoms with van der Waals surface area (Å²) in [5.74, 6) is 0. The number of imidazole rings is 1. The van der Waals surface area contributed by atoms with Crippen molar-refractivity contribution in [2.45, 2.75) is 45.3 Å². The first-order chi connectivity index (χ1) is 10.1. The summed E-state index contributed by atoms with van der Waals surface area (Å²) < 4.78 is 2.00. The second kappa shape index (κ2) is 6.34. The lowest BCUT2D eigenvalue weighted by molar-refractivity contribution is 0.192. The number of nitrogens with zero attached hydrogens (tertiary/aromatic N) is 3. The summed E-state index contributed by atoms with van der Waals surface area (Å²) in [5.41, 5.74) is 2.06. The average Bonchev–Trinajstić information content (AvgIpc) is 3.06. The Bertz CT molecular complexity index is 601. The summed E-state index contributed by atoms with van der Waals surface area (Å²) >= 11 is 6.03. The predicted octanol–water partition coefficient (Wildman–Crippen LogP) is 2.95. The molecule has 1 atom stereocenters. The normalized spacial score (nSPS) is 19.2. The van der Waals surface area contributed by atoms with Gasteiger partial charge in [0.25, 0.3) is 0 Å². The summed E-state index contributed by atoms with van der Waals surface area (Å²) in [6, 6.07) is 4.99.